The summed E-state index contributed by atoms with van der Waals surface area (Å²) >= 11 is 0. The van der Waals surface area contributed by atoms with Crippen LogP contribution in [0.15, 0.2) is 0 Å². The number of hydrogen-bond donors (Lipinski definition) is 1. The number of carbonyl (C=O) groups is 1. The SMILES string of the molecule is CC(OP(=O)([O-])OCC(=O)O)[N+](C)(C)C. The van der Waals surface area contributed by atoms with E-state index in [-0.39, 0.29) is 4.48 Å². The Morgan fingerprint density at radius 1 is 1.53 bits per heavy atom. The Morgan fingerprint density at radius 2 is 2.00 bits per heavy atom. The molecule has 7 nitrogen and oxygen atoms in total. The van der Waals surface area contributed by atoms with Crippen molar-refractivity contribution in [2.24, 2.45) is 0 Å². The quantitative estimate of drug-likeness (QED) is 0.387. The third kappa shape index (κ3) is 6.59. The molecule has 0 aromatic heterocycles. The lowest BCUT2D eigenvalue weighted by atomic mass is 10.5. The van der Waals surface area contributed by atoms with Crippen LogP contribution in [0, 0.1) is 0 Å². The van der Waals surface area contributed by atoms with Gasteiger partial charge in [-0.15, -0.1) is 0 Å². The molecule has 1 N–H and O–H groups in total. The average Bonchev–Trinajstić information content (AvgIpc) is 1.98. The molecule has 90 valence electrons. The molecule has 0 spiro atoms. The summed E-state index contributed by atoms with van der Waals surface area (Å²) < 4.78 is 20.1. The maximum absolute atomic E-state index is 11.1. The van der Waals surface area contributed by atoms with Crippen molar-refractivity contribution in [2.45, 2.75) is 13.2 Å². The van der Waals surface area contributed by atoms with Crippen molar-refractivity contribution in [3.8, 4) is 0 Å². The predicted molar refractivity (Wildman–Crippen MR) is 49.8 cm³/mol. The van der Waals surface area contributed by atoms with Crippen LogP contribution in [-0.2, 0) is 18.4 Å². The van der Waals surface area contributed by atoms with E-state index in [1.807, 2.05) is 0 Å². The van der Waals surface area contributed by atoms with E-state index in [0.717, 1.165) is 0 Å². The summed E-state index contributed by atoms with van der Waals surface area (Å²) in [4.78, 5) is 21.2. The first-order valence-electron chi connectivity index (χ1n) is 4.21. The average molecular weight is 241 g/mol. The number of nitrogens with zero attached hydrogens (tertiary/aromatic N) is 1. The Kier molecular flexibility index (Phi) is 4.89. The fourth-order valence-corrected chi connectivity index (χ4v) is 1.48. The zero-order valence-electron chi connectivity index (χ0n) is 9.17. The molecule has 0 rings (SSSR count). The smallest absolute Gasteiger partial charge is 0.330 e. The van der Waals surface area contributed by atoms with E-state index >= 15 is 0 Å². The van der Waals surface area contributed by atoms with Gasteiger partial charge >= 0.3 is 5.97 Å². The molecule has 0 radical (unpaired) electrons. The van der Waals surface area contributed by atoms with E-state index in [1.165, 1.54) is 0 Å². The van der Waals surface area contributed by atoms with Gasteiger partial charge in [0, 0.05) is 6.92 Å². The molecule has 2 atom stereocenters. The molecule has 0 aliphatic rings. The Hall–Kier alpha value is -0.460. The third-order valence-corrected chi connectivity index (χ3v) is 2.73. The Labute approximate surface area is 88.4 Å². The van der Waals surface area contributed by atoms with Gasteiger partial charge in [0.15, 0.2) is 12.8 Å². The highest BCUT2D eigenvalue weighted by atomic mass is 31.2. The van der Waals surface area contributed by atoms with Crippen LogP contribution in [0.1, 0.15) is 6.92 Å². The molecule has 0 saturated carbocycles. The molecular formula is C7H16NO6P. The van der Waals surface area contributed by atoms with Crippen molar-refractivity contribution >= 4 is 13.8 Å². The van der Waals surface area contributed by atoms with Crippen LogP contribution in [-0.4, -0.2) is 49.5 Å². The van der Waals surface area contributed by atoms with Gasteiger partial charge in [0.2, 0.25) is 0 Å². The first kappa shape index (κ1) is 14.5. The molecule has 0 bridgehead atoms. The van der Waals surface area contributed by atoms with Crippen molar-refractivity contribution in [2.75, 3.05) is 27.7 Å². The van der Waals surface area contributed by atoms with Gasteiger partial charge in [0.05, 0.1) is 21.1 Å². The highest BCUT2D eigenvalue weighted by Crippen LogP contribution is 2.40. The lowest BCUT2D eigenvalue weighted by molar-refractivity contribution is -0.913. The molecule has 0 fully saturated rings. The number of quaternary nitrogens is 1. The van der Waals surface area contributed by atoms with E-state index in [1.54, 1.807) is 28.1 Å². The van der Waals surface area contributed by atoms with Gasteiger partial charge in [-0.3, -0.25) is 9.09 Å². The van der Waals surface area contributed by atoms with Gasteiger partial charge in [-0.1, -0.05) is 0 Å². The lowest BCUT2D eigenvalue weighted by Crippen LogP contribution is -2.45. The topological polar surface area (TPSA) is 95.9 Å². The number of phosphoric acid groups is 1. The molecule has 2 unspecified atom stereocenters. The van der Waals surface area contributed by atoms with E-state index < -0.39 is 26.6 Å². The number of carboxylic acids is 1. The summed E-state index contributed by atoms with van der Waals surface area (Å²) in [5.41, 5.74) is 0. The zero-order valence-corrected chi connectivity index (χ0v) is 10.1. The highest BCUT2D eigenvalue weighted by Gasteiger charge is 2.25. The second-order valence-electron chi connectivity index (χ2n) is 3.94. The van der Waals surface area contributed by atoms with Gasteiger partial charge in [-0.25, -0.2) is 4.79 Å². The molecule has 0 heterocycles. The van der Waals surface area contributed by atoms with Crippen LogP contribution in [0.5, 0.6) is 0 Å². The third-order valence-electron chi connectivity index (χ3n) is 1.72. The normalized spacial score (nSPS) is 18.2. The first-order valence-corrected chi connectivity index (χ1v) is 5.67. The minimum atomic E-state index is -4.55. The van der Waals surface area contributed by atoms with Crippen molar-refractivity contribution in [1.82, 2.24) is 0 Å². The van der Waals surface area contributed by atoms with Crippen molar-refractivity contribution < 1.29 is 32.9 Å². The molecule has 0 aromatic carbocycles. The standard InChI is InChI=1S/C7H16NO6P/c1-6(8(2,3)4)14-15(11,12)13-5-7(9)10/h6H,5H2,1-4H3,(H-,9,10,11,12). The van der Waals surface area contributed by atoms with Gasteiger partial charge < -0.3 is 19.0 Å². The minimum Gasteiger partial charge on any atom is -0.756 e. The van der Waals surface area contributed by atoms with Crippen LogP contribution in [0.2, 0.25) is 0 Å². The Morgan fingerprint density at radius 3 is 2.33 bits per heavy atom. The molecule has 0 aliphatic carbocycles. The van der Waals surface area contributed by atoms with Crippen LogP contribution >= 0.6 is 7.82 Å². The van der Waals surface area contributed by atoms with Crippen molar-refractivity contribution in [1.29, 1.82) is 0 Å². The van der Waals surface area contributed by atoms with E-state index in [4.69, 9.17) is 5.11 Å². The van der Waals surface area contributed by atoms with E-state index in [0.29, 0.717) is 0 Å². The fraction of sp³-hybridized carbons (Fsp3) is 0.857. The molecular weight excluding hydrogens is 225 g/mol. The van der Waals surface area contributed by atoms with Crippen LogP contribution in [0.25, 0.3) is 0 Å². The molecule has 0 saturated heterocycles. The minimum absolute atomic E-state index is 0.253. The van der Waals surface area contributed by atoms with Gasteiger partial charge in [0.1, 0.15) is 0 Å². The number of phosphoric ester groups is 1. The number of carboxylic acid groups (broad SMARTS) is 1. The Balaban J connectivity index is 4.26. The van der Waals surface area contributed by atoms with Gasteiger partial charge in [0.25, 0.3) is 7.82 Å². The summed E-state index contributed by atoms with van der Waals surface area (Å²) in [7, 11) is 0.668. The van der Waals surface area contributed by atoms with Crippen LogP contribution < -0.4 is 4.89 Å². The van der Waals surface area contributed by atoms with Gasteiger partial charge in [-0.2, -0.15) is 0 Å². The molecule has 8 heteroatoms. The number of hydrogen-bond acceptors (Lipinski definition) is 5. The molecule has 0 amide bonds. The second-order valence-corrected chi connectivity index (χ2v) is 5.30. The van der Waals surface area contributed by atoms with Gasteiger partial charge in [-0.05, 0) is 0 Å². The monoisotopic (exact) mass is 241 g/mol. The second kappa shape index (κ2) is 5.05. The van der Waals surface area contributed by atoms with E-state index in [9.17, 15) is 14.3 Å². The fourth-order valence-electron chi connectivity index (χ4n) is 0.493. The summed E-state index contributed by atoms with van der Waals surface area (Å²) in [5.74, 6) is -1.37. The maximum Gasteiger partial charge on any atom is 0.330 e. The van der Waals surface area contributed by atoms with E-state index in [2.05, 4.69) is 9.05 Å². The molecule has 0 aliphatic heterocycles. The zero-order chi connectivity index (χ0) is 12.3. The van der Waals surface area contributed by atoms with Crippen LogP contribution in [0.3, 0.4) is 0 Å². The number of aliphatic carboxylic acids is 1. The summed E-state index contributed by atoms with van der Waals surface area (Å²) in [5, 5.41) is 8.23. The largest absolute Gasteiger partial charge is 0.756 e. The first-order chi connectivity index (χ1) is 6.54. The highest BCUT2D eigenvalue weighted by molar-refractivity contribution is 7.45. The number of rotatable bonds is 6. The Bertz CT molecular complexity index is 273. The lowest BCUT2D eigenvalue weighted by Gasteiger charge is -2.34. The summed E-state index contributed by atoms with van der Waals surface area (Å²) in [6.07, 6.45) is -0.651. The predicted octanol–water partition coefficient (Wildman–Crippen LogP) is -0.375. The van der Waals surface area contributed by atoms with Crippen molar-refractivity contribution in [3.05, 3.63) is 0 Å². The molecule has 15 heavy (non-hydrogen) atoms. The van der Waals surface area contributed by atoms with Crippen molar-refractivity contribution in [3.63, 3.8) is 0 Å². The van der Waals surface area contributed by atoms with Crippen LogP contribution in [0.4, 0.5) is 0 Å². The maximum atomic E-state index is 11.1. The molecule has 0 aromatic rings. The summed E-state index contributed by atoms with van der Waals surface area (Å²) in [6, 6.07) is 0. The summed E-state index contributed by atoms with van der Waals surface area (Å²) in [6.45, 7) is 0.624.